The van der Waals surface area contributed by atoms with Crippen LogP contribution in [0, 0.1) is 6.92 Å². The maximum Gasteiger partial charge on any atom is 0.220 e. The average molecular weight is 289 g/mol. The molecule has 0 atom stereocenters. The second-order valence-corrected chi connectivity index (χ2v) is 6.02. The van der Waals surface area contributed by atoms with Gasteiger partial charge in [-0.2, -0.15) is 0 Å². The molecule has 0 aromatic heterocycles. The van der Waals surface area contributed by atoms with Gasteiger partial charge in [0, 0.05) is 12.5 Å². The van der Waals surface area contributed by atoms with Gasteiger partial charge in [0.1, 0.15) is 5.75 Å². The summed E-state index contributed by atoms with van der Waals surface area (Å²) in [5.41, 5.74) is 1.23. The van der Waals surface area contributed by atoms with Gasteiger partial charge in [0.2, 0.25) is 5.91 Å². The summed E-state index contributed by atoms with van der Waals surface area (Å²) in [5, 5.41) is 3.17. The van der Waals surface area contributed by atoms with E-state index in [1.54, 1.807) is 0 Å². The van der Waals surface area contributed by atoms with Gasteiger partial charge in [-0.1, -0.05) is 43.4 Å². The molecule has 3 heteroatoms. The summed E-state index contributed by atoms with van der Waals surface area (Å²) >= 11 is 0. The first-order valence-corrected chi connectivity index (χ1v) is 8.23. The zero-order valence-electron chi connectivity index (χ0n) is 13.1. The Morgan fingerprint density at radius 1 is 1.14 bits per heavy atom. The van der Waals surface area contributed by atoms with E-state index in [9.17, 15) is 4.79 Å². The van der Waals surface area contributed by atoms with Gasteiger partial charge in [-0.05, 0) is 38.3 Å². The molecule has 0 bridgehead atoms. The molecule has 1 amide bonds. The summed E-state index contributed by atoms with van der Waals surface area (Å²) in [4.78, 5) is 11.9. The first kappa shape index (κ1) is 15.9. The van der Waals surface area contributed by atoms with Crippen molar-refractivity contribution in [3.05, 3.63) is 29.8 Å². The molecule has 3 nitrogen and oxygen atoms in total. The average Bonchev–Trinajstić information content (AvgIpc) is 2.74. The van der Waals surface area contributed by atoms with Gasteiger partial charge in [-0.15, -0.1) is 0 Å². The lowest BCUT2D eigenvalue weighted by molar-refractivity contribution is -0.122. The minimum Gasteiger partial charge on any atom is -0.494 e. The van der Waals surface area contributed by atoms with Crippen LogP contribution in [0.2, 0.25) is 0 Å². The molecule has 1 aromatic carbocycles. The number of rotatable bonds is 6. The van der Waals surface area contributed by atoms with Crippen LogP contribution >= 0.6 is 0 Å². The van der Waals surface area contributed by atoms with Crippen molar-refractivity contribution in [3.63, 3.8) is 0 Å². The van der Waals surface area contributed by atoms with Crippen molar-refractivity contribution in [2.75, 3.05) is 6.61 Å². The number of hydrogen-bond donors (Lipinski definition) is 1. The van der Waals surface area contributed by atoms with E-state index in [2.05, 4.69) is 12.2 Å². The normalized spacial score (nSPS) is 16.2. The number of carbonyl (C=O) groups is 1. The minimum absolute atomic E-state index is 0.175. The fourth-order valence-electron chi connectivity index (χ4n) is 2.78. The molecule has 1 aliphatic carbocycles. The quantitative estimate of drug-likeness (QED) is 0.635. The van der Waals surface area contributed by atoms with Crippen LogP contribution in [0.15, 0.2) is 24.3 Å². The second kappa shape index (κ2) is 8.71. The first-order chi connectivity index (χ1) is 10.2. The van der Waals surface area contributed by atoms with Crippen LogP contribution in [-0.2, 0) is 4.79 Å². The molecule has 21 heavy (non-hydrogen) atoms. The Hall–Kier alpha value is -1.51. The smallest absolute Gasteiger partial charge is 0.220 e. The van der Waals surface area contributed by atoms with Crippen molar-refractivity contribution < 1.29 is 9.53 Å². The number of nitrogens with one attached hydrogen (secondary N) is 1. The van der Waals surface area contributed by atoms with Crippen LogP contribution in [0.3, 0.4) is 0 Å². The summed E-state index contributed by atoms with van der Waals surface area (Å²) in [5.74, 6) is 1.05. The molecule has 0 unspecified atom stereocenters. The fraction of sp³-hybridized carbons (Fsp3) is 0.611. The Morgan fingerprint density at radius 2 is 1.81 bits per heavy atom. The van der Waals surface area contributed by atoms with Gasteiger partial charge in [-0.25, -0.2) is 0 Å². The van der Waals surface area contributed by atoms with Crippen LogP contribution in [0.25, 0.3) is 0 Å². The van der Waals surface area contributed by atoms with E-state index in [0.29, 0.717) is 19.1 Å². The third-order valence-corrected chi connectivity index (χ3v) is 4.06. The lowest BCUT2D eigenvalue weighted by Crippen LogP contribution is -2.34. The number of hydrogen-bond acceptors (Lipinski definition) is 2. The van der Waals surface area contributed by atoms with E-state index in [1.165, 1.54) is 31.2 Å². The lowest BCUT2D eigenvalue weighted by Gasteiger charge is -2.16. The molecule has 116 valence electrons. The van der Waals surface area contributed by atoms with Crippen molar-refractivity contribution in [1.82, 2.24) is 5.32 Å². The summed E-state index contributed by atoms with van der Waals surface area (Å²) < 4.78 is 5.64. The molecular formula is C18H27NO2. The summed E-state index contributed by atoms with van der Waals surface area (Å²) in [6.45, 7) is 2.66. The van der Waals surface area contributed by atoms with E-state index in [4.69, 9.17) is 4.74 Å². The molecule has 1 N–H and O–H groups in total. The predicted octanol–water partition coefficient (Wildman–Crippen LogP) is 3.99. The molecule has 2 rings (SSSR count). The number of aryl methyl sites for hydroxylation is 1. The minimum atomic E-state index is 0.175. The third kappa shape index (κ3) is 6.19. The predicted molar refractivity (Wildman–Crippen MR) is 85.5 cm³/mol. The number of benzene rings is 1. The molecule has 0 saturated heterocycles. The zero-order chi connectivity index (χ0) is 14.9. The number of ether oxygens (including phenoxy) is 1. The van der Waals surface area contributed by atoms with E-state index >= 15 is 0 Å². The molecule has 1 aromatic rings. The van der Waals surface area contributed by atoms with Gasteiger partial charge in [0.15, 0.2) is 0 Å². The maximum atomic E-state index is 11.9. The van der Waals surface area contributed by atoms with Gasteiger partial charge >= 0.3 is 0 Å². The van der Waals surface area contributed by atoms with Crippen LogP contribution in [0.4, 0.5) is 0 Å². The highest BCUT2D eigenvalue weighted by atomic mass is 16.5. The third-order valence-electron chi connectivity index (χ3n) is 4.06. The van der Waals surface area contributed by atoms with Crippen molar-refractivity contribution >= 4 is 5.91 Å². The second-order valence-electron chi connectivity index (χ2n) is 6.02. The maximum absolute atomic E-state index is 11.9. The molecule has 0 radical (unpaired) electrons. The highest BCUT2D eigenvalue weighted by Crippen LogP contribution is 2.17. The topological polar surface area (TPSA) is 38.3 Å². The monoisotopic (exact) mass is 289 g/mol. The Labute approximate surface area is 128 Å². The van der Waals surface area contributed by atoms with E-state index in [-0.39, 0.29) is 5.91 Å². The molecule has 0 spiro atoms. The molecule has 1 fully saturated rings. The van der Waals surface area contributed by atoms with Gasteiger partial charge in [0.25, 0.3) is 0 Å². The molecule has 1 aliphatic rings. The standard InChI is InChI=1S/C18H27NO2/c1-15-10-12-17(13-11-15)21-14-6-9-18(20)19-16-7-4-2-3-5-8-16/h10-13,16H,2-9,14H2,1H3,(H,19,20). The van der Waals surface area contributed by atoms with Crippen LogP contribution in [0.1, 0.15) is 56.9 Å². The van der Waals surface area contributed by atoms with Crippen molar-refractivity contribution in [2.24, 2.45) is 0 Å². The van der Waals surface area contributed by atoms with E-state index in [1.807, 2.05) is 24.3 Å². The van der Waals surface area contributed by atoms with Crippen LogP contribution < -0.4 is 10.1 Å². The van der Waals surface area contributed by atoms with Gasteiger partial charge < -0.3 is 10.1 Å². The SMILES string of the molecule is Cc1ccc(OCCCC(=O)NC2CCCCCC2)cc1. The Balaban J connectivity index is 1.59. The number of amides is 1. The van der Waals surface area contributed by atoms with Gasteiger partial charge in [-0.3, -0.25) is 4.79 Å². The van der Waals surface area contributed by atoms with Gasteiger partial charge in [0.05, 0.1) is 6.61 Å². The first-order valence-electron chi connectivity index (χ1n) is 8.23. The number of carbonyl (C=O) groups excluding carboxylic acids is 1. The zero-order valence-corrected chi connectivity index (χ0v) is 13.1. The largest absolute Gasteiger partial charge is 0.494 e. The molecule has 1 saturated carbocycles. The fourth-order valence-corrected chi connectivity index (χ4v) is 2.78. The Morgan fingerprint density at radius 3 is 2.48 bits per heavy atom. The van der Waals surface area contributed by atoms with Crippen LogP contribution in [0.5, 0.6) is 5.75 Å². The lowest BCUT2D eigenvalue weighted by atomic mass is 10.1. The highest BCUT2D eigenvalue weighted by Gasteiger charge is 2.14. The van der Waals surface area contributed by atoms with E-state index in [0.717, 1.165) is 25.0 Å². The van der Waals surface area contributed by atoms with Crippen molar-refractivity contribution in [1.29, 1.82) is 0 Å². The van der Waals surface area contributed by atoms with Crippen molar-refractivity contribution in [3.8, 4) is 5.75 Å². The summed E-state index contributed by atoms with van der Waals surface area (Å²) in [6.07, 6.45) is 8.75. The Kier molecular flexibility index (Phi) is 6.58. The highest BCUT2D eigenvalue weighted by molar-refractivity contribution is 5.76. The van der Waals surface area contributed by atoms with E-state index < -0.39 is 0 Å². The summed E-state index contributed by atoms with van der Waals surface area (Å²) in [6, 6.07) is 8.42. The summed E-state index contributed by atoms with van der Waals surface area (Å²) in [7, 11) is 0. The molecule has 0 aliphatic heterocycles. The van der Waals surface area contributed by atoms with Crippen LogP contribution in [-0.4, -0.2) is 18.6 Å². The molecular weight excluding hydrogens is 262 g/mol. The molecule has 0 heterocycles. The van der Waals surface area contributed by atoms with Crippen molar-refractivity contribution in [2.45, 2.75) is 64.3 Å². The Bertz CT molecular complexity index is 419.